The molecule has 0 unspecified atom stereocenters. The minimum absolute atomic E-state index is 0.0751. The summed E-state index contributed by atoms with van der Waals surface area (Å²) in [6, 6.07) is 18.0. The van der Waals surface area contributed by atoms with E-state index in [9.17, 15) is 4.79 Å². The van der Waals surface area contributed by atoms with Crippen LogP contribution in [0.15, 0.2) is 59.4 Å². The summed E-state index contributed by atoms with van der Waals surface area (Å²) in [6.45, 7) is 2.08. The lowest BCUT2D eigenvalue weighted by Gasteiger charge is -2.03. The number of benzene rings is 3. The van der Waals surface area contributed by atoms with Gasteiger partial charge >= 0.3 is 0 Å². The van der Waals surface area contributed by atoms with E-state index >= 15 is 0 Å². The Morgan fingerprint density at radius 2 is 1.39 bits per heavy atom. The quantitative estimate of drug-likeness (QED) is 0.402. The molecule has 110 valence electrons. The molecular formula is C20H14N2O. The third kappa shape index (κ3) is 1.62. The molecule has 5 rings (SSSR count). The van der Waals surface area contributed by atoms with E-state index in [0.717, 1.165) is 38.2 Å². The number of aryl methyl sites for hydroxylation is 1. The smallest absolute Gasteiger partial charge is 0.197 e. The zero-order valence-electron chi connectivity index (χ0n) is 12.6. The van der Waals surface area contributed by atoms with Gasteiger partial charge in [-0.1, -0.05) is 30.3 Å². The van der Waals surface area contributed by atoms with Crippen molar-refractivity contribution in [2.75, 3.05) is 0 Å². The van der Waals surface area contributed by atoms with Gasteiger partial charge in [-0.2, -0.15) is 0 Å². The largest absolute Gasteiger partial charge is 0.353 e. The van der Waals surface area contributed by atoms with E-state index in [1.54, 1.807) is 0 Å². The van der Waals surface area contributed by atoms with Crippen molar-refractivity contribution in [1.29, 1.82) is 0 Å². The van der Waals surface area contributed by atoms with E-state index in [2.05, 4.69) is 35.1 Å². The Bertz CT molecular complexity index is 1290. The molecule has 0 aliphatic rings. The van der Waals surface area contributed by atoms with E-state index < -0.39 is 0 Å². The second kappa shape index (κ2) is 4.23. The Balaban J connectivity index is 2.07. The van der Waals surface area contributed by atoms with Crippen LogP contribution in [0.25, 0.3) is 43.6 Å². The predicted octanol–water partition coefficient (Wildman–Crippen LogP) is 4.62. The van der Waals surface area contributed by atoms with Crippen molar-refractivity contribution in [2.24, 2.45) is 0 Å². The number of fused-ring (bicyclic) bond motifs is 6. The van der Waals surface area contributed by atoms with Gasteiger partial charge in [-0.3, -0.25) is 4.79 Å². The van der Waals surface area contributed by atoms with E-state index in [1.807, 2.05) is 36.4 Å². The third-order valence-electron chi connectivity index (χ3n) is 4.61. The molecular weight excluding hydrogens is 284 g/mol. The molecule has 3 heteroatoms. The molecule has 0 aliphatic heterocycles. The number of para-hydroxylation sites is 1. The van der Waals surface area contributed by atoms with Gasteiger partial charge in [0.25, 0.3) is 0 Å². The number of rotatable bonds is 0. The molecule has 0 saturated heterocycles. The molecule has 0 atom stereocenters. The molecule has 0 amide bonds. The Labute approximate surface area is 131 Å². The lowest BCUT2D eigenvalue weighted by Crippen LogP contribution is -2.04. The third-order valence-corrected chi connectivity index (χ3v) is 4.61. The Hall–Kier alpha value is -3.07. The fourth-order valence-corrected chi connectivity index (χ4v) is 3.48. The summed E-state index contributed by atoms with van der Waals surface area (Å²) in [6.07, 6.45) is 0. The van der Waals surface area contributed by atoms with Crippen molar-refractivity contribution in [2.45, 2.75) is 6.92 Å². The first kappa shape index (κ1) is 12.5. The summed E-state index contributed by atoms with van der Waals surface area (Å²) >= 11 is 0. The van der Waals surface area contributed by atoms with Crippen LogP contribution < -0.4 is 5.43 Å². The molecule has 0 saturated carbocycles. The van der Waals surface area contributed by atoms with Gasteiger partial charge in [0, 0.05) is 32.6 Å². The lowest BCUT2D eigenvalue weighted by molar-refractivity contribution is 1.45. The molecule has 5 aromatic rings. The molecule has 3 nitrogen and oxygen atoms in total. The standard InChI is InChI=1S/C20H14N2O/c1-11-6-7-12-13-8-9-15-19(18(13)22-17(12)10-11)21-16-5-3-2-4-14(16)20(15)23/h2-10,22H,1H3,(H,21,23). The maximum atomic E-state index is 12.8. The number of aromatic amines is 2. The molecule has 3 aromatic carbocycles. The highest BCUT2D eigenvalue weighted by Gasteiger charge is 2.11. The number of H-pyrrole nitrogens is 2. The van der Waals surface area contributed by atoms with Gasteiger partial charge in [0.1, 0.15) is 0 Å². The number of pyridine rings is 1. The molecule has 2 aromatic heterocycles. The van der Waals surface area contributed by atoms with Gasteiger partial charge in [-0.15, -0.1) is 0 Å². The van der Waals surface area contributed by atoms with Gasteiger partial charge < -0.3 is 9.97 Å². The first-order valence-electron chi connectivity index (χ1n) is 7.68. The topological polar surface area (TPSA) is 48.6 Å². The summed E-state index contributed by atoms with van der Waals surface area (Å²) in [5.74, 6) is 0. The fourth-order valence-electron chi connectivity index (χ4n) is 3.48. The van der Waals surface area contributed by atoms with Gasteiger partial charge in [0.15, 0.2) is 5.43 Å². The van der Waals surface area contributed by atoms with Crippen LogP contribution in [0.5, 0.6) is 0 Å². The van der Waals surface area contributed by atoms with Crippen molar-refractivity contribution in [3.63, 3.8) is 0 Å². The molecule has 0 spiro atoms. The maximum Gasteiger partial charge on any atom is 0.197 e. The molecule has 2 heterocycles. The summed E-state index contributed by atoms with van der Waals surface area (Å²) < 4.78 is 0. The van der Waals surface area contributed by atoms with Gasteiger partial charge in [-0.25, -0.2) is 0 Å². The lowest BCUT2D eigenvalue weighted by atomic mass is 10.1. The fraction of sp³-hybridized carbons (Fsp3) is 0.0500. The molecule has 0 radical (unpaired) electrons. The SMILES string of the molecule is Cc1ccc2c(c1)[nH]c1c2ccc2c(=O)c3ccccc3[nH]c21. The summed E-state index contributed by atoms with van der Waals surface area (Å²) in [5, 5.41) is 3.77. The van der Waals surface area contributed by atoms with Crippen LogP contribution >= 0.6 is 0 Å². The van der Waals surface area contributed by atoms with E-state index in [4.69, 9.17) is 0 Å². The summed E-state index contributed by atoms with van der Waals surface area (Å²) in [7, 11) is 0. The van der Waals surface area contributed by atoms with Crippen molar-refractivity contribution in [3.05, 3.63) is 70.4 Å². The highest BCUT2D eigenvalue weighted by atomic mass is 16.1. The molecule has 0 bridgehead atoms. The van der Waals surface area contributed by atoms with Crippen molar-refractivity contribution in [3.8, 4) is 0 Å². The number of hydrogen-bond acceptors (Lipinski definition) is 1. The van der Waals surface area contributed by atoms with E-state index in [0.29, 0.717) is 0 Å². The van der Waals surface area contributed by atoms with Gasteiger partial charge in [0.2, 0.25) is 0 Å². The van der Waals surface area contributed by atoms with Crippen LogP contribution in [0.3, 0.4) is 0 Å². The van der Waals surface area contributed by atoms with Crippen LogP contribution in [-0.2, 0) is 0 Å². The Morgan fingerprint density at radius 1 is 0.696 bits per heavy atom. The maximum absolute atomic E-state index is 12.8. The van der Waals surface area contributed by atoms with Gasteiger partial charge in [-0.05, 0) is 36.8 Å². The zero-order valence-corrected chi connectivity index (χ0v) is 12.6. The first-order valence-corrected chi connectivity index (χ1v) is 7.68. The average Bonchev–Trinajstić information content (AvgIpc) is 2.93. The summed E-state index contributed by atoms with van der Waals surface area (Å²) in [5.41, 5.74) is 5.12. The molecule has 23 heavy (non-hydrogen) atoms. The monoisotopic (exact) mass is 298 g/mol. The first-order chi connectivity index (χ1) is 11.2. The normalized spacial score (nSPS) is 11.9. The van der Waals surface area contributed by atoms with Crippen molar-refractivity contribution in [1.82, 2.24) is 9.97 Å². The van der Waals surface area contributed by atoms with Crippen molar-refractivity contribution >= 4 is 43.6 Å². The average molecular weight is 298 g/mol. The highest BCUT2D eigenvalue weighted by molar-refractivity contribution is 6.16. The van der Waals surface area contributed by atoms with Crippen LogP contribution in [0.2, 0.25) is 0 Å². The second-order valence-electron chi connectivity index (χ2n) is 6.08. The zero-order chi connectivity index (χ0) is 15.6. The van der Waals surface area contributed by atoms with Crippen LogP contribution in [0.4, 0.5) is 0 Å². The highest BCUT2D eigenvalue weighted by Crippen LogP contribution is 2.30. The molecule has 0 fully saturated rings. The number of aromatic nitrogens is 2. The second-order valence-corrected chi connectivity index (χ2v) is 6.08. The van der Waals surface area contributed by atoms with Crippen LogP contribution in [0.1, 0.15) is 5.56 Å². The minimum Gasteiger partial charge on any atom is -0.353 e. The van der Waals surface area contributed by atoms with E-state index in [-0.39, 0.29) is 5.43 Å². The Morgan fingerprint density at radius 3 is 2.30 bits per heavy atom. The van der Waals surface area contributed by atoms with Crippen molar-refractivity contribution < 1.29 is 0 Å². The van der Waals surface area contributed by atoms with E-state index in [1.165, 1.54) is 10.9 Å². The number of nitrogens with one attached hydrogen (secondary N) is 2. The predicted molar refractivity (Wildman–Crippen MR) is 96.2 cm³/mol. The van der Waals surface area contributed by atoms with Gasteiger partial charge in [0.05, 0.1) is 11.0 Å². The summed E-state index contributed by atoms with van der Waals surface area (Å²) in [4.78, 5) is 19.7. The molecule has 0 aliphatic carbocycles. The van der Waals surface area contributed by atoms with Crippen LogP contribution in [-0.4, -0.2) is 9.97 Å². The number of hydrogen-bond donors (Lipinski definition) is 2. The Kier molecular flexibility index (Phi) is 2.29. The minimum atomic E-state index is 0.0751. The molecule has 2 N–H and O–H groups in total. The van der Waals surface area contributed by atoms with Crippen LogP contribution in [0, 0.1) is 6.92 Å².